The van der Waals surface area contributed by atoms with E-state index >= 15 is 0 Å². The number of hydrogen-bond acceptors (Lipinski definition) is 4. The van der Waals surface area contributed by atoms with Crippen molar-refractivity contribution in [2.45, 2.75) is 23.8 Å². The van der Waals surface area contributed by atoms with Crippen molar-refractivity contribution in [2.75, 3.05) is 24.2 Å². The third-order valence-corrected chi connectivity index (χ3v) is 5.49. The third kappa shape index (κ3) is 5.24. The van der Waals surface area contributed by atoms with E-state index in [1.807, 2.05) is 18.2 Å². The normalized spacial score (nSPS) is 15.8. The topological polar surface area (TPSA) is 67.4 Å². The van der Waals surface area contributed by atoms with Crippen LogP contribution in [0, 0.1) is 0 Å². The average molecular weight is 397 g/mol. The lowest BCUT2D eigenvalue weighted by Gasteiger charge is -2.14. The molecule has 1 heterocycles. The highest BCUT2D eigenvalue weighted by Gasteiger charge is 2.19. The Bertz CT molecular complexity index is 847. The minimum absolute atomic E-state index is 0.0689. The van der Waals surface area contributed by atoms with Crippen LogP contribution in [0.2, 0.25) is 0 Å². The Hall–Kier alpha value is -2.57. The maximum absolute atomic E-state index is 12.8. The lowest BCUT2D eigenvalue weighted by Crippen LogP contribution is -2.32. The highest BCUT2D eigenvalue weighted by atomic mass is 32.2. The third-order valence-electron chi connectivity index (χ3n) is 4.42. The van der Waals surface area contributed by atoms with Crippen LogP contribution in [0.4, 0.5) is 5.69 Å². The molecule has 2 aromatic rings. The van der Waals surface area contributed by atoms with Gasteiger partial charge in [-0.25, -0.2) is 0 Å². The number of carbonyl (C=O) groups is 2. The van der Waals surface area contributed by atoms with Gasteiger partial charge in [-0.15, -0.1) is 18.3 Å². The van der Waals surface area contributed by atoms with Crippen molar-refractivity contribution in [2.24, 2.45) is 0 Å². The van der Waals surface area contributed by atoms with Gasteiger partial charge in [0, 0.05) is 23.8 Å². The summed E-state index contributed by atoms with van der Waals surface area (Å²) in [6.45, 7) is 4.94. The molecule has 6 heteroatoms. The number of thioether (sulfide) groups is 1. The van der Waals surface area contributed by atoms with E-state index in [1.165, 1.54) is 0 Å². The SMILES string of the molecule is C=CCSc1ccccc1C(=O)Nc1ccccc1C(=O)NCC1CCCO1. The number of para-hydroxylation sites is 1. The summed E-state index contributed by atoms with van der Waals surface area (Å²) in [5, 5.41) is 5.79. The van der Waals surface area contributed by atoms with Crippen LogP contribution in [0.1, 0.15) is 33.6 Å². The molecule has 2 amide bonds. The van der Waals surface area contributed by atoms with Gasteiger partial charge in [-0.05, 0) is 37.1 Å². The fraction of sp³-hybridized carbons (Fsp3) is 0.273. The number of nitrogens with one attached hydrogen (secondary N) is 2. The molecule has 5 nitrogen and oxygen atoms in total. The van der Waals surface area contributed by atoms with Crippen LogP contribution < -0.4 is 10.6 Å². The molecule has 0 aliphatic carbocycles. The maximum atomic E-state index is 12.8. The van der Waals surface area contributed by atoms with E-state index in [-0.39, 0.29) is 17.9 Å². The van der Waals surface area contributed by atoms with Gasteiger partial charge < -0.3 is 15.4 Å². The van der Waals surface area contributed by atoms with E-state index in [9.17, 15) is 9.59 Å². The molecule has 0 aromatic heterocycles. The molecule has 1 unspecified atom stereocenters. The Balaban J connectivity index is 1.71. The standard InChI is InChI=1S/C22H24N2O3S/c1-2-14-28-20-12-6-4-10-18(20)22(26)24-19-11-5-3-9-17(19)21(25)23-15-16-8-7-13-27-16/h2-6,9-12,16H,1,7-8,13-15H2,(H,23,25)(H,24,26). The summed E-state index contributed by atoms with van der Waals surface area (Å²) >= 11 is 1.55. The molecule has 3 rings (SSSR count). The predicted molar refractivity (Wildman–Crippen MR) is 113 cm³/mol. The first-order valence-electron chi connectivity index (χ1n) is 9.32. The second-order valence-electron chi connectivity index (χ2n) is 6.44. The van der Waals surface area contributed by atoms with Crippen LogP contribution in [-0.4, -0.2) is 36.8 Å². The molecular formula is C22H24N2O3S. The molecule has 1 aliphatic rings. The average Bonchev–Trinajstić information content (AvgIpc) is 3.24. The summed E-state index contributed by atoms with van der Waals surface area (Å²) in [6, 6.07) is 14.4. The Labute approximate surface area is 169 Å². The molecule has 0 radical (unpaired) electrons. The summed E-state index contributed by atoms with van der Waals surface area (Å²) < 4.78 is 5.54. The maximum Gasteiger partial charge on any atom is 0.256 e. The van der Waals surface area contributed by atoms with Gasteiger partial charge in [0.1, 0.15) is 0 Å². The fourth-order valence-corrected chi connectivity index (χ4v) is 3.80. The van der Waals surface area contributed by atoms with Crippen molar-refractivity contribution >= 4 is 29.3 Å². The van der Waals surface area contributed by atoms with E-state index in [1.54, 1.807) is 48.2 Å². The van der Waals surface area contributed by atoms with E-state index in [2.05, 4.69) is 17.2 Å². The van der Waals surface area contributed by atoms with Crippen LogP contribution in [0.5, 0.6) is 0 Å². The van der Waals surface area contributed by atoms with Crippen molar-refractivity contribution in [3.8, 4) is 0 Å². The second kappa shape index (κ2) is 10.1. The quantitative estimate of drug-likeness (QED) is 0.520. The second-order valence-corrected chi connectivity index (χ2v) is 7.50. The molecular weight excluding hydrogens is 372 g/mol. The van der Waals surface area contributed by atoms with Crippen molar-refractivity contribution in [3.05, 3.63) is 72.3 Å². The first-order valence-corrected chi connectivity index (χ1v) is 10.3. The van der Waals surface area contributed by atoms with E-state index in [0.29, 0.717) is 29.1 Å². The number of anilines is 1. The summed E-state index contributed by atoms with van der Waals surface area (Å²) in [6.07, 6.45) is 3.85. The molecule has 0 saturated carbocycles. The molecule has 2 N–H and O–H groups in total. The number of hydrogen-bond donors (Lipinski definition) is 2. The summed E-state index contributed by atoms with van der Waals surface area (Å²) in [7, 11) is 0. The number of carbonyl (C=O) groups excluding carboxylic acids is 2. The van der Waals surface area contributed by atoms with E-state index in [0.717, 1.165) is 24.3 Å². The lowest BCUT2D eigenvalue weighted by molar-refractivity contribution is 0.0858. The Morgan fingerprint density at radius 3 is 2.61 bits per heavy atom. The van der Waals surface area contributed by atoms with Crippen LogP contribution in [0.15, 0.2) is 66.1 Å². The summed E-state index contributed by atoms with van der Waals surface area (Å²) in [5.41, 5.74) is 1.50. The first kappa shape index (κ1) is 20.2. The van der Waals surface area contributed by atoms with Gasteiger partial charge in [0.15, 0.2) is 0 Å². The van der Waals surface area contributed by atoms with Crippen LogP contribution in [0.3, 0.4) is 0 Å². The zero-order chi connectivity index (χ0) is 19.8. The smallest absolute Gasteiger partial charge is 0.256 e. The van der Waals surface area contributed by atoms with Gasteiger partial charge in [0.25, 0.3) is 11.8 Å². The lowest BCUT2D eigenvalue weighted by atomic mass is 10.1. The van der Waals surface area contributed by atoms with Crippen LogP contribution in [-0.2, 0) is 4.74 Å². The molecule has 28 heavy (non-hydrogen) atoms. The number of amides is 2. The van der Waals surface area contributed by atoms with E-state index < -0.39 is 0 Å². The van der Waals surface area contributed by atoms with Gasteiger partial charge >= 0.3 is 0 Å². The van der Waals surface area contributed by atoms with Crippen molar-refractivity contribution in [1.82, 2.24) is 5.32 Å². The van der Waals surface area contributed by atoms with Crippen molar-refractivity contribution in [1.29, 1.82) is 0 Å². The molecule has 0 bridgehead atoms. The molecule has 1 fully saturated rings. The van der Waals surface area contributed by atoms with E-state index in [4.69, 9.17) is 4.74 Å². The summed E-state index contributed by atoms with van der Waals surface area (Å²) in [4.78, 5) is 26.3. The van der Waals surface area contributed by atoms with Gasteiger partial charge in [-0.1, -0.05) is 30.3 Å². The Kier molecular flexibility index (Phi) is 7.28. The highest BCUT2D eigenvalue weighted by molar-refractivity contribution is 7.99. The van der Waals surface area contributed by atoms with Crippen LogP contribution >= 0.6 is 11.8 Å². The molecule has 0 spiro atoms. The number of rotatable bonds is 8. The van der Waals surface area contributed by atoms with Gasteiger partial charge in [0.05, 0.1) is 22.9 Å². The van der Waals surface area contributed by atoms with Gasteiger partial charge in [-0.3, -0.25) is 9.59 Å². The molecule has 1 atom stereocenters. The largest absolute Gasteiger partial charge is 0.376 e. The molecule has 2 aromatic carbocycles. The number of ether oxygens (including phenoxy) is 1. The monoisotopic (exact) mass is 396 g/mol. The first-order chi connectivity index (χ1) is 13.7. The van der Waals surface area contributed by atoms with Gasteiger partial charge in [-0.2, -0.15) is 0 Å². The molecule has 146 valence electrons. The molecule has 1 aliphatic heterocycles. The Morgan fingerprint density at radius 1 is 1.11 bits per heavy atom. The summed E-state index contributed by atoms with van der Waals surface area (Å²) in [5.74, 6) is 0.249. The highest BCUT2D eigenvalue weighted by Crippen LogP contribution is 2.24. The zero-order valence-electron chi connectivity index (χ0n) is 15.6. The van der Waals surface area contributed by atoms with Crippen LogP contribution in [0.25, 0.3) is 0 Å². The Morgan fingerprint density at radius 2 is 1.86 bits per heavy atom. The zero-order valence-corrected chi connectivity index (χ0v) is 16.5. The molecule has 1 saturated heterocycles. The number of benzene rings is 2. The predicted octanol–water partition coefficient (Wildman–Crippen LogP) is 4.13. The minimum atomic E-state index is -0.244. The van der Waals surface area contributed by atoms with Crippen molar-refractivity contribution < 1.29 is 14.3 Å². The van der Waals surface area contributed by atoms with Gasteiger partial charge in [0.2, 0.25) is 0 Å². The fourth-order valence-electron chi connectivity index (χ4n) is 3.02. The van der Waals surface area contributed by atoms with Crippen molar-refractivity contribution in [3.63, 3.8) is 0 Å². The minimum Gasteiger partial charge on any atom is -0.376 e.